The number of anilines is 1. The number of benzene rings is 1. The maximum atomic E-state index is 12.8. The Morgan fingerprint density at radius 3 is 2.59 bits per heavy atom. The molecule has 3 atom stereocenters. The number of nitrogens with two attached hydrogens (primary N) is 1. The van der Waals surface area contributed by atoms with Gasteiger partial charge in [0, 0.05) is 10.4 Å². The van der Waals surface area contributed by atoms with Crippen LogP contribution < -0.4 is 11.1 Å². The second kappa shape index (κ2) is 9.68. The van der Waals surface area contributed by atoms with E-state index in [-0.39, 0.29) is 24.8 Å². The summed E-state index contributed by atoms with van der Waals surface area (Å²) in [5, 5.41) is 2.34. The van der Waals surface area contributed by atoms with E-state index in [1.807, 2.05) is 20.8 Å². The predicted octanol–water partition coefficient (Wildman–Crippen LogP) is 1.42. The van der Waals surface area contributed by atoms with Crippen LogP contribution in [0.4, 0.5) is 10.5 Å². The van der Waals surface area contributed by atoms with Gasteiger partial charge in [-0.05, 0) is 31.9 Å². The molecule has 2 aliphatic heterocycles. The number of carbonyl (C=O) groups is 4. The highest BCUT2D eigenvalue weighted by molar-refractivity contribution is 8.01. The van der Waals surface area contributed by atoms with Crippen LogP contribution in [0.2, 0.25) is 0 Å². The van der Waals surface area contributed by atoms with E-state index in [2.05, 4.69) is 5.32 Å². The van der Waals surface area contributed by atoms with Crippen LogP contribution in [-0.2, 0) is 35.0 Å². The van der Waals surface area contributed by atoms with Gasteiger partial charge in [0.2, 0.25) is 18.6 Å². The molecule has 1 aromatic rings. The lowest BCUT2D eigenvalue weighted by Gasteiger charge is -2.43. The van der Waals surface area contributed by atoms with Gasteiger partial charge in [-0.25, -0.2) is 9.59 Å². The van der Waals surface area contributed by atoms with Crippen molar-refractivity contribution in [1.82, 2.24) is 10.2 Å². The third kappa shape index (κ3) is 4.93. The van der Waals surface area contributed by atoms with Crippen molar-refractivity contribution in [3.63, 3.8) is 0 Å². The number of nitrogens with zero attached hydrogens (tertiary/aromatic N) is 1. The standard InChI is InChI=1S/C21H27N3O7S/c1-4-9-29-20(28)31-11-30-19(27)16-21(2,3)32-18-15(17(26)24(16)18)23-14(25)10-12-7-5-6-8-13(12)22/h5-8,15-16,18H,4,9-11,22H2,1-3H3,(H,23,25)/t15?,16-,18+/m0/s1. The Morgan fingerprint density at radius 2 is 1.91 bits per heavy atom. The molecule has 1 aromatic carbocycles. The van der Waals surface area contributed by atoms with Gasteiger partial charge in [-0.3, -0.25) is 9.59 Å². The lowest BCUT2D eigenvalue weighted by atomic mass is 9.96. The van der Waals surface area contributed by atoms with Crippen LogP contribution in [0, 0.1) is 0 Å². The molecule has 174 valence electrons. The molecule has 0 bridgehead atoms. The Hall–Kier alpha value is -2.95. The third-order valence-corrected chi connectivity index (χ3v) is 6.76. The summed E-state index contributed by atoms with van der Waals surface area (Å²) in [7, 11) is 0. The van der Waals surface area contributed by atoms with Crippen molar-refractivity contribution in [2.75, 3.05) is 19.1 Å². The molecule has 2 fully saturated rings. The number of rotatable bonds is 8. The van der Waals surface area contributed by atoms with Gasteiger partial charge >= 0.3 is 12.1 Å². The molecular weight excluding hydrogens is 438 g/mol. The van der Waals surface area contributed by atoms with Crippen LogP contribution in [-0.4, -0.2) is 64.4 Å². The van der Waals surface area contributed by atoms with Crippen molar-refractivity contribution < 1.29 is 33.4 Å². The lowest BCUT2D eigenvalue weighted by Crippen LogP contribution is -2.70. The van der Waals surface area contributed by atoms with Gasteiger partial charge in [0.05, 0.1) is 13.0 Å². The molecule has 2 saturated heterocycles. The van der Waals surface area contributed by atoms with Gasteiger partial charge in [0.15, 0.2) is 0 Å². The molecule has 1 unspecified atom stereocenters. The van der Waals surface area contributed by atoms with Gasteiger partial charge in [-0.15, -0.1) is 11.8 Å². The van der Waals surface area contributed by atoms with Crippen LogP contribution in [0.3, 0.4) is 0 Å². The number of esters is 1. The third-order valence-electron chi connectivity index (χ3n) is 5.19. The summed E-state index contributed by atoms with van der Waals surface area (Å²) in [4.78, 5) is 50.6. The summed E-state index contributed by atoms with van der Waals surface area (Å²) < 4.78 is 13.8. The van der Waals surface area contributed by atoms with Crippen molar-refractivity contribution in [1.29, 1.82) is 0 Å². The molecule has 2 heterocycles. The highest BCUT2D eigenvalue weighted by Crippen LogP contribution is 2.51. The fraction of sp³-hybridized carbons (Fsp3) is 0.524. The molecular formula is C21H27N3O7S. The molecule has 2 amide bonds. The number of hydrogen-bond acceptors (Lipinski definition) is 9. The molecule has 0 aromatic heterocycles. The highest BCUT2D eigenvalue weighted by Gasteiger charge is 2.64. The summed E-state index contributed by atoms with van der Waals surface area (Å²) in [6.45, 7) is 5.06. The molecule has 0 aliphatic carbocycles. The topological polar surface area (TPSA) is 137 Å². The SMILES string of the molecule is CCCOC(=O)OCOC(=O)[C@@H]1N2C(=O)C(NC(=O)Cc3ccccc3N)[C@H]2SC1(C)C. The maximum Gasteiger partial charge on any atom is 0.511 e. The van der Waals surface area contributed by atoms with E-state index >= 15 is 0 Å². The number of hydrogen-bond donors (Lipinski definition) is 2. The zero-order valence-electron chi connectivity index (χ0n) is 18.2. The highest BCUT2D eigenvalue weighted by atomic mass is 32.2. The molecule has 0 saturated carbocycles. The van der Waals surface area contributed by atoms with Crippen LogP contribution in [0.5, 0.6) is 0 Å². The Kier molecular flexibility index (Phi) is 7.17. The van der Waals surface area contributed by atoms with Gasteiger partial charge in [0.1, 0.15) is 17.5 Å². The number of fused-ring (bicyclic) bond motifs is 1. The largest absolute Gasteiger partial charge is 0.511 e. The predicted molar refractivity (Wildman–Crippen MR) is 116 cm³/mol. The van der Waals surface area contributed by atoms with Gasteiger partial charge in [0.25, 0.3) is 0 Å². The zero-order chi connectivity index (χ0) is 23.5. The minimum Gasteiger partial charge on any atom is -0.434 e. The normalized spacial score (nSPS) is 23.0. The number of β-lactam (4-membered cyclic amide) rings is 1. The van der Waals surface area contributed by atoms with Crippen molar-refractivity contribution in [3.05, 3.63) is 29.8 Å². The van der Waals surface area contributed by atoms with Crippen molar-refractivity contribution >= 4 is 41.4 Å². The molecule has 0 spiro atoms. The first-order valence-electron chi connectivity index (χ1n) is 10.2. The van der Waals surface area contributed by atoms with E-state index in [9.17, 15) is 19.2 Å². The van der Waals surface area contributed by atoms with Crippen LogP contribution >= 0.6 is 11.8 Å². The number of nitrogens with one attached hydrogen (secondary N) is 1. The van der Waals surface area contributed by atoms with E-state index < -0.39 is 41.1 Å². The Balaban J connectivity index is 1.56. The molecule has 3 rings (SSSR count). The number of ether oxygens (including phenoxy) is 3. The van der Waals surface area contributed by atoms with Crippen molar-refractivity contribution in [3.8, 4) is 0 Å². The smallest absolute Gasteiger partial charge is 0.434 e. The summed E-state index contributed by atoms with van der Waals surface area (Å²) in [6.07, 6.45) is -0.245. The van der Waals surface area contributed by atoms with Crippen LogP contribution in [0.15, 0.2) is 24.3 Å². The van der Waals surface area contributed by atoms with Crippen molar-refractivity contribution in [2.45, 2.75) is 55.8 Å². The number of carbonyl (C=O) groups excluding carboxylic acids is 4. The zero-order valence-corrected chi connectivity index (χ0v) is 19.0. The van der Waals surface area contributed by atoms with Crippen LogP contribution in [0.25, 0.3) is 0 Å². The first-order chi connectivity index (χ1) is 15.2. The first kappa shape index (κ1) is 23.7. The van der Waals surface area contributed by atoms with Gasteiger partial charge < -0.3 is 30.2 Å². The molecule has 2 aliphatic rings. The molecule has 11 heteroatoms. The summed E-state index contributed by atoms with van der Waals surface area (Å²) in [5.74, 6) is -1.39. The monoisotopic (exact) mass is 465 g/mol. The first-order valence-corrected chi connectivity index (χ1v) is 11.1. The number of thioether (sulfide) groups is 1. The molecule has 0 radical (unpaired) electrons. The van der Waals surface area contributed by atoms with E-state index in [1.165, 1.54) is 16.7 Å². The second-order valence-electron chi connectivity index (χ2n) is 8.00. The number of amides is 2. The molecule has 10 nitrogen and oxygen atoms in total. The Bertz CT molecular complexity index is 907. The Labute approximate surface area is 190 Å². The van der Waals surface area contributed by atoms with E-state index in [1.54, 1.807) is 24.3 Å². The Morgan fingerprint density at radius 1 is 1.19 bits per heavy atom. The minimum absolute atomic E-state index is 0.0498. The second-order valence-corrected chi connectivity index (χ2v) is 9.78. The fourth-order valence-electron chi connectivity index (χ4n) is 3.66. The minimum atomic E-state index is -0.931. The van der Waals surface area contributed by atoms with Gasteiger partial charge in [-0.2, -0.15) is 0 Å². The maximum absolute atomic E-state index is 12.8. The van der Waals surface area contributed by atoms with E-state index in [4.69, 9.17) is 19.9 Å². The van der Waals surface area contributed by atoms with Gasteiger partial charge in [-0.1, -0.05) is 25.1 Å². The average molecular weight is 466 g/mol. The number of nitrogen functional groups attached to an aromatic ring is 1. The summed E-state index contributed by atoms with van der Waals surface area (Å²) >= 11 is 1.40. The number of para-hydroxylation sites is 1. The lowest BCUT2D eigenvalue weighted by molar-refractivity contribution is -0.170. The average Bonchev–Trinajstić information content (AvgIpc) is 3.00. The summed E-state index contributed by atoms with van der Waals surface area (Å²) in [5.41, 5.74) is 7.06. The van der Waals surface area contributed by atoms with E-state index in [0.29, 0.717) is 17.7 Å². The fourth-order valence-corrected chi connectivity index (χ4v) is 5.28. The van der Waals surface area contributed by atoms with E-state index in [0.717, 1.165) is 0 Å². The quantitative estimate of drug-likeness (QED) is 0.253. The summed E-state index contributed by atoms with van der Waals surface area (Å²) in [6, 6.07) is 5.40. The van der Waals surface area contributed by atoms with Crippen molar-refractivity contribution in [2.24, 2.45) is 0 Å². The van der Waals surface area contributed by atoms with Crippen LogP contribution in [0.1, 0.15) is 32.8 Å². The molecule has 3 N–H and O–H groups in total. The molecule has 32 heavy (non-hydrogen) atoms.